The van der Waals surface area contributed by atoms with Crippen molar-refractivity contribution in [3.8, 4) is 0 Å². The molecule has 1 aliphatic heterocycles. The second-order valence-electron chi connectivity index (χ2n) is 6.35. The lowest BCUT2D eigenvalue weighted by Gasteiger charge is -2.36. The Morgan fingerprint density at radius 2 is 2.08 bits per heavy atom. The molecule has 1 saturated heterocycles. The molecule has 0 bridgehead atoms. The highest BCUT2D eigenvalue weighted by Crippen LogP contribution is 2.30. The molecular formula is C19H24ClN5O. The third-order valence-electron chi connectivity index (χ3n) is 4.53. The molecule has 0 radical (unpaired) electrons. The highest BCUT2D eigenvalue weighted by atomic mass is 35.5. The van der Waals surface area contributed by atoms with Gasteiger partial charge in [0.05, 0.1) is 17.6 Å². The molecule has 2 aromatic rings. The monoisotopic (exact) mass is 373 g/mol. The number of aryl methyl sites for hydroxylation is 1. The minimum Gasteiger partial charge on any atom is -0.367 e. The van der Waals surface area contributed by atoms with Gasteiger partial charge in [0.15, 0.2) is 0 Å². The van der Waals surface area contributed by atoms with Crippen molar-refractivity contribution in [1.29, 1.82) is 0 Å². The molecule has 0 spiro atoms. The zero-order valence-corrected chi connectivity index (χ0v) is 15.9. The molecule has 1 amide bonds. The van der Waals surface area contributed by atoms with Crippen LogP contribution in [0.5, 0.6) is 0 Å². The standard InChI is InChI=1S/C19H24ClN5O/c1-3-24-8-10-25(11-9-24)18-6-5-16(20)12-17(18)22-19(26)7-4-15-13-21-23(2)14-15/h4-7,12-14H,3,8-11H2,1-2H3,(H,22,26). The summed E-state index contributed by atoms with van der Waals surface area (Å²) in [7, 11) is 1.84. The van der Waals surface area contributed by atoms with Crippen molar-refractivity contribution in [1.82, 2.24) is 14.7 Å². The van der Waals surface area contributed by atoms with Crippen LogP contribution in [0.2, 0.25) is 5.02 Å². The number of nitrogens with zero attached hydrogens (tertiary/aromatic N) is 4. The molecular weight excluding hydrogens is 350 g/mol. The van der Waals surface area contributed by atoms with E-state index in [0.717, 1.165) is 49.7 Å². The van der Waals surface area contributed by atoms with Crippen LogP contribution in [0.15, 0.2) is 36.7 Å². The van der Waals surface area contributed by atoms with Crippen LogP contribution in [0.1, 0.15) is 12.5 Å². The number of rotatable bonds is 5. The summed E-state index contributed by atoms with van der Waals surface area (Å²) in [6.07, 6.45) is 6.81. The molecule has 2 heterocycles. The van der Waals surface area contributed by atoms with E-state index in [9.17, 15) is 4.79 Å². The minimum absolute atomic E-state index is 0.190. The van der Waals surface area contributed by atoms with Gasteiger partial charge in [0.2, 0.25) is 5.91 Å². The molecule has 0 aliphatic carbocycles. The zero-order valence-electron chi connectivity index (χ0n) is 15.2. The smallest absolute Gasteiger partial charge is 0.248 e. The van der Waals surface area contributed by atoms with Crippen LogP contribution in [-0.2, 0) is 11.8 Å². The second-order valence-corrected chi connectivity index (χ2v) is 6.79. The fourth-order valence-electron chi connectivity index (χ4n) is 3.06. The predicted molar refractivity (Wildman–Crippen MR) is 107 cm³/mol. The van der Waals surface area contributed by atoms with Crippen molar-refractivity contribution in [3.05, 3.63) is 47.3 Å². The number of anilines is 2. The summed E-state index contributed by atoms with van der Waals surface area (Å²) in [6.45, 7) is 7.16. The number of amides is 1. The van der Waals surface area contributed by atoms with Gasteiger partial charge < -0.3 is 15.1 Å². The second kappa shape index (κ2) is 8.38. The van der Waals surface area contributed by atoms with Crippen LogP contribution in [0.3, 0.4) is 0 Å². The van der Waals surface area contributed by atoms with Crippen molar-refractivity contribution >= 4 is 35.0 Å². The van der Waals surface area contributed by atoms with Gasteiger partial charge in [0.25, 0.3) is 0 Å². The van der Waals surface area contributed by atoms with Crippen LogP contribution in [0.25, 0.3) is 6.08 Å². The number of likely N-dealkylation sites (N-methyl/N-ethyl adjacent to an activating group) is 1. The molecule has 138 valence electrons. The Balaban J connectivity index is 1.71. The largest absolute Gasteiger partial charge is 0.367 e. The first-order valence-electron chi connectivity index (χ1n) is 8.79. The molecule has 26 heavy (non-hydrogen) atoms. The molecule has 1 aromatic heterocycles. The average Bonchev–Trinajstić information content (AvgIpc) is 3.06. The van der Waals surface area contributed by atoms with Crippen LogP contribution >= 0.6 is 11.6 Å². The quantitative estimate of drug-likeness (QED) is 0.819. The molecule has 7 heteroatoms. The molecule has 6 nitrogen and oxygen atoms in total. The van der Waals surface area contributed by atoms with Crippen molar-refractivity contribution in [3.63, 3.8) is 0 Å². The lowest BCUT2D eigenvalue weighted by atomic mass is 10.2. The summed E-state index contributed by atoms with van der Waals surface area (Å²) >= 11 is 6.15. The topological polar surface area (TPSA) is 53.4 Å². The van der Waals surface area contributed by atoms with Crippen LogP contribution in [0, 0.1) is 0 Å². The first kappa shape index (κ1) is 18.5. The van der Waals surface area contributed by atoms with Gasteiger partial charge in [-0.2, -0.15) is 5.10 Å². The normalized spacial score (nSPS) is 15.6. The van der Waals surface area contributed by atoms with Gasteiger partial charge in [-0.15, -0.1) is 0 Å². The maximum Gasteiger partial charge on any atom is 0.248 e. The number of nitrogens with one attached hydrogen (secondary N) is 1. The molecule has 0 unspecified atom stereocenters. The summed E-state index contributed by atoms with van der Waals surface area (Å²) < 4.78 is 1.70. The summed E-state index contributed by atoms with van der Waals surface area (Å²) in [5, 5.41) is 7.65. The molecule has 1 fully saturated rings. The molecule has 1 aliphatic rings. The number of benzene rings is 1. The Morgan fingerprint density at radius 1 is 1.31 bits per heavy atom. The van der Waals surface area contributed by atoms with Crippen LogP contribution in [-0.4, -0.2) is 53.3 Å². The Kier molecular flexibility index (Phi) is 5.96. The fraction of sp³-hybridized carbons (Fsp3) is 0.368. The van der Waals surface area contributed by atoms with Gasteiger partial charge in [-0.05, 0) is 30.8 Å². The summed E-state index contributed by atoms with van der Waals surface area (Å²) in [6, 6.07) is 5.65. The van der Waals surface area contributed by atoms with E-state index in [2.05, 4.69) is 27.1 Å². The molecule has 3 rings (SSSR count). The highest BCUT2D eigenvalue weighted by molar-refractivity contribution is 6.31. The van der Waals surface area contributed by atoms with E-state index in [1.165, 1.54) is 6.08 Å². The lowest BCUT2D eigenvalue weighted by molar-refractivity contribution is -0.111. The van der Waals surface area contributed by atoms with E-state index in [1.807, 2.05) is 25.4 Å². The average molecular weight is 374 g/mol. The summed E-state index contributed by atoms with van der Waals surface area (Å²) in [4.78, 5) is 17.1. The Hall–Kier alpha value is -2.31. The summed E-state index contributed by atoms with van der Waals surface area (Å²) in [5.74, 6) is -0.190. The Labute approximate surface area is 159 Å². The predicted octanol–water partition coefficient (Wildman–Crippen LogP) is 2.87. The van der Waals surface area contributed by atoms with Gasteiger partial charge in [0, 0.05) is 56.1 Å². The maximum absolute atomic E-state index is 12.3. The van der Waals surface area contributed by atoms with Gasteiger partial charge in [-0.25, -0.2) is 0 Å². The Bertz CT molecular complexity index is 793. The van der Waals surface area contributed by atoms with Gasteiger partial charge in [-0.3, -0.25) is 9.48 Å². The van der Waals surface area contributed by atoms with Crippen molar-refractivity contribution in [2.45, 2.75) is 6.92 Å². The number of halogens is 1. The number of hydrogen-bond acceptors (Lipinski definition) is 4. The van der Waals surface area contributed by atoms with Crippen molar-refractivity contribution < 1.29 is 4.79 Å². The maximum atomic E-state index is 12.3. The number of aromatic nitrogens is 2. The molecule has 1 aromatic carbocycles. The van der Waals surface area contributed by atoms with E-state index in [0.29, 0.717) is 5.02 Å². The van der Waals surface area contributed by atoms with Gasteiger partial charge in [-0.1, -0.05) is 18.5 Å². The van der Waals surface area contributed by atoms with E-state index >= 15 is 0 Å². The van der Waals surface area contributed by atoms with E-state index < -0.39 is 0 Å². The number of hydrogen-bond donors (Lipinski definition) is 1. The van der Waals surface area contributed by atoms with Gasteiger partial charge in [0.1, 0.15) is 0 Å². The van der Waals surface area contributed by atoms with Crippen LogP contribution in [0.4, 0.5) is 11.4 Å². The molecule has 0 atom stereocenters. The zero-order chi connectivity index (χ0) is 18.5. The molecule has 0 saturated carbocycles. The highest BCUT2D eigenvalue weighted by Gasteiger charge is 2.19. The Morgan fingerprint density at radius 3 is 2.73 bits per heavy atom. The van der Waals surface area contributed by atoms with E-state index in [4.69, 9.17) is 11.6 Å². The first-order chi connectivity index (χ1) is 12.5. The van der Waals surface area contributed by atoms with E-state index in [1.54, 1.807) is 23.0 Å². The number of carbonyl (C=O) groups is 1. The number of carbonyl (C=O) groups excluding carboxylic acids is 1. The van der Waals surface area contributed by atoms with Crippen LogP contribution < -0.4 is 10.2 Å². The minimum atomic E-state index is -0.190. The fourth-order valence-corrected chi connectivity index (χ4v) is 3.23. The van der Waals surface area contributed by atoms with Gasteiger partial charge >= 0.3 is 0 Å². The first-order valence-corrected chi connectivity index (χ1v) is 9.17. The van der Waals surface area contributed by atoms with Crippen molar-refractivity contribution in [2.24, 2.45) is 7.05 Å². The SMILES string of the molecule is CCN1CCN(c2ccc(Cl)cc2NC(=O)C=Cc2cnn(C)c2)CC1. The third kappa shape index (κ3) is 4.65. The lowest BCUT2D eigenvalue weighted by Crippen LogP contribution is -2.46. The molecule has 1 N–H and O–H groups in total. The number of piperazine rings is 1. The summed E-state index contributed by atoms with van der Waals surface area (Å²) in [5.41, 5.74) is 2.63. The third-order valence-corrected chi connectivity index (χ3v) is 4.76. The van der Waals surface area contributed by atoms with Crippen molar-refractivity contribution in [2.75, 3.05) is 42.9 Å². The van der Waals surface area contributed by atoms with E-state index in [-0.39, 0.29) is 5.91 Å².